The van der Waals surface area contributed by atoms with Gasteiger partial charge in [-0.05, 0) is 54.3 Å². The van der Waals surface area contributed by atoms with Gasteiger partial charge in [-0.15, -0.1) is 0 Å². The first kappa shape index (κ1) is 23.2. The predicted molar refractivity (Wildman–Crippen MR) is 133 cm³/mol. The van der Waals surface area contributed by atoms with E-state index in [0.717, 1.165) is 44.8 Å². The third-order valence-electron chi connectivity index (χ3n) is 6.33. The Labute approximate surface area is 197 Å². The smallest absolute Gasteiger partial charge is 0.315 e. The lowest BCUT2D eigenvalue weighted by molar-refractivity contribution is -0.133. The van der Waals surface area contributed by atoms with Crippen LogP contribution < -0.4 is 4.74 Å². The standard InChI is InChI=1S/C29H34N2O2/c1-24(22-30-17-8-18-31(20-19-30)23-26-11-6-3-7-12-26)27-13-15-28(16-14-27)33-29(32)21-25-9-4-2-5-10-25/h2-7,9-16,24H,8,17-23H2,1H3. The fourth-order valence-electron chi connectivity index (χ4n) is 4.49. The second kappa shape index (κ2) is 11.8. The Morgan fingerprint density at radius 1 is 0.788 bits per heavy atom. The fourth-order valence-corrected chi connectivity index (χ4v) is 4.49. The van der Waals surface area contributed by atoms with Gasteiger partial charge in [0.2, 0.25) is 0 Å². The first-order valence-electron chi connectivity index (χ1n) is 12.0. The summed E-state index contributed by atoms with van der Waals surface area (Å²) in [6.45, 7) is 8.88. The molecule has 1 fully saturated rings. The number of carbonyl (C=O) groups excluding carboxylic acids is 1. The van der Waals surface area contributed by atoms with Gasteiger partial charge in [-0.1, -0.05) is 79.7 Å². The van der Waals surface area contributed by atoms with Crippen molar-refractivity contribution >= 4 is 5.97 Å². The van der Waals surface area contributed by atoms with E-state index >= 15 is 0 Å². The summed E-state index contributed by atoms with van der Waals surface area (Å²) >= 11 is 0. The molecule has 1 unspecified atom stereocenters. The molecule has 3 aromatic rings. The Hall–Kier alpha value is -2.95. The van der Waals surface area contributed by atoms with Crippen LogP contribution in [0.5, 0.6) is 5.75 Å². The van der Waals surface area contributed by atoms with Gasteiger partial charge in [0.05, 0.1) is 6.42 Å². The van der Waals surface area contributed by atoms with E-state index in [1.54, 1.807) is 0 Å². The van der Waals surface area contributed by atoms with Crippen LogP contribution in [0.4, 0.5) is 0 Å². The minimum atomic E-state index is -0.230. The fraction of sp³-hybridized carbons (Fsp3) is 0.345. The van der Waals surface area contributed by atoms with Crippen LogP contribution in [-0.4, -0.2) is 48.5 Å². The van der Waals surface area contributed by atoms with Crippen molar-refractivity contribution in [3.05, 3.63) is 102 Å². The van der Waals surface area contributed by atoms with Crippen LogP contribution in [0.3, 0.4) is 0 Å². The van der Waals surface area contributed by atoms with Crippen LogP contribution in [0, 0.1) is 0 Å². The lowest BCUT2D eigenvalue weighted by Crippen LogP contribution is -2.32. The zero-order chi connectivity index (χ0) is 22.9. The van der Waals surface area contributed by atoms with Gasteiger partial charge >= 0.3 is 5.97 Å². The maximum atomic E-state index is 12.2. The minimum Gasteiger partial charge on any atom is -0.426 e. The molecule has 4 heteroatoms. The number of carbonyl (C=O) groups is 1. The van der Waals surface area contributed by atoms with Crippen molar-refractivity contribution in [1.82, 2.24) is 9.80 Å². The molecule has 4 rings (SSSR count). The Morgan fingerprint density at radius 3 is 2.09 bits per heavy atom. The van der Waals surface area contributed by atoms with Gasteiger partial charge in [0.15, 0.2) is 0 Å². The third kappa shape index (κ3) is 7.28. The largest absolute Gasteiger partial charge is 0.426 e. The number of benzene rings is 3. The van der Waals surface area contributed by atoms with Gasteiger partial charge in [-0.3, -0.25) is 9.69 Å². The van der Waals surface area contributed by atoms with Crippen LogP contribution in [-0.2, 0) is 17.8 Å². The Balaban J connectivity index is 1.24. The van der Waals surface area contributed by atoms with E-state index < -0.39 is 0 Å². The monoisotopic (exact) mass is 442 g/mol. The second-order valence-electron chi connectivity index (χ2n) is 9.02. The topological polar surface area (TPSA) is 32.8 Å². The van der Waals surface area contributed by atoms with Crippen molar-refractivity contribution in [2.45, 2.75) is 32.2 Å². The molecule has 1 aliphatic heterocycles. The van der Waals surface area contributed by atoms with Gasteiger partial charge in [0.25, 0.3) is 0 Å². The molecule has 0 N–H and O–H groups in total. The molecule has 3 aromatic carbocycles. The Bertz CT molecular complexity index is 989. The second-order valence-corrected chi connectivity index (χ2v) is 9.02. The van der Waals surface area contributed by atoms with Crippen molar-refractivity contribution < 1.29 is 9.53 Å². The molecule has 0 amide bonds. The SMILES string of the molecule is CC(CN1CCCN(Cc2ccccc2)CC1)c1ccc(OC(=O)Cc2ccccc2)cc1. The van der Waals surface area contributed by atoms with Crippen molar-refractivity contribution in [3.8, 4) is 5.75 Å². The molecule has 0 aliphatic carbocycles. The highest BCUT2D eigenvalue weighted by Crippen LogP contribution is 2.21. The van der Waals surface area contributed by atoms with Crippen molar-refractivity contribution in [3.63, 3.8) is 0 Å². The highest BCUT2D eigenvalue weighted by Gasteiger charge is 2.18. The van der Waals surface area contributed by atoms with E-state index in [2.05, 4.69) is 59.2 Å². The molecule has 0 aromatic heterocycles. The first-order valence-corrected chi connectivity index (χ1v) is 12.0. The average molecular weight is 443 g/mol. The van der Waals surface area contributed by atoms with Gasteiger partial charge in [0, 0.05) is 26.2 Å². The van der Waals surface area contributed by atoms with E-state index in [-0.39, 0.29) is 12.4 Å². The molecule has 4 nitrogen and oxygen atoms in total. The molecule has 172 valence electrons. The molecule has 1 aliphatic rings. The lowest BCUT2D eigenvalue weighted by atomic mass is 10.0. The summed E-state index contributed by atoms with van der Waals surface area (Å²) in [5.41, 5.74) is 3.64. The molecular weight excluding hydrogens is 408 g/mol. The predicted octanol–water partition coefficient (Wildman–Crippen LogP) is 5.15. The van der Waals surface area contributed by atoms with E-state index in [0.29, 0.717) is 11.7 Å². The van der Waals surface area contributed by atoms with Crippen LogP contribution in [0.1, 0.15) is 36.0 Å². The molecule has 0 saturated carbocycles. The molecule has 1 saturated heterocycles. The third-order valence-corrected chi connectivity index (χ3v) is 6.33. The summed E-state index contributed by atoms with van der Waals surface area (Å²) in [5, 5.41) is 0. The van der Waals surface area contributed by atoms with Crippen LogP contribution in [0.2, 0.25) is 0 Å². The number of ether oxygens (including phenoxy) is 1. The maximum Gasteiger partial charge on any atom is 0.315 e. The highest BCUT2D eigenvalue weighted by molar-refractivity contribution is 5.75. The van der Waals surface area contributed by atoms with Gasteiger partial charge < -0.3 is 9.64 Å². The summed E-state index contributed by atoms with van der Waals surface area (Å²) in [7, 11) is 0. The normalized spacial score (nSPS) is 16.2. The number of rotatable bonds is 8. The summed E-state index contributed by atoms with van der Waals surface area (Å²) < 4.78 is 5.53. The van der Waals surface area contributed by atoms with E-state index in [1.807, 2.05) is 42.5 Å². The van der Waals surface area contributed by atoms with Crippen LogP contribution in [0.15, 0.2) is 84.9 Å². The number of hydrogen-bond donors (Lipinski definition) is 0. The molecule has 1 atom stereocenters. The van der Waals surface area contributed by atoms with E-state index in [9.17, 15) is 4.79 Å². The van der Waals surface area contributed by atoms with Crippen molar-refractivity contribution in [2.24, 2.45) is 0 Å². The van der Waals surface area contributed by atoms with E-state index in [4.69, 9.17) is 4.74 Å². The molecule has 0 spiro atoms. The maximum absolute atomic E-state index is 12.2. The number of hydrogen-bond acceptors (Lipinski definition) is 4. The Morgan fingerprint density at radius 2 is 1.39 bits per heavy atom. The van der Waals surface area contributed by atoms with E-state index in [1.165, 1.54) is 17.5 Å². The van der Waals surface area contributed by atoms with Gasteiger partial charge in [-0.2, -0.15) is 0 Å². The van der Waals surface area contributed by atoms with Crippen molar-refractivity contribution in [2.75, 3.05) is 32.7 Å². The number of nitrogens with zero attached hydrogens (tertiary/aromatic N) is 2. The molecule has 0 radical (unpaired) electrons. The number of esters is 1. The summed E-state index contributed by atoms with van der Waals surface area (Å²) in [6, 6.07) is 28.5. The molecule has 33 heavy (non-hydrogen) atoms. The zero-order valence-corrected chi connectivity index (χ0v) is 19.5. The van der Waals surface area contributed by atoms with Crippen molar-refractivity contribution in [1.29, 1.82) is 0 Å². The van der Waals surface area contributed by atoms with Crippen LogP contribution in [0.25, 0.3) is 0 Å². The minimum absolute atomic E-state index is 0.230. The average Bonchev–Trinajstić information content (AvgIpc) is 3.05. The molecule has 0 bridgehead atoms. The zero-order valence-electron chi connectivity index (χ0n) is 19.5. The quantitative estimate of drug-likeness (QED) is 0.357. The first-order chi connectivity index (χ1) is 16.2. The lowest BCUT2D eigenvalue weighted by Gasteiger charge is -2.25. The summed E-state index contributed by atoms with van der Waals surface area (Å²) in [6.07, 6.45) is 1.49. The van der Waals surface area contributed by atoms with Gasteiger partial charge in [0.1, 0.15) is 5.75 Å². The van der Waals surface area contributed by atoms with Gasteiger partial charge in [-0.25, -0.2) is 0 Å². The molecule has 1 heterocycles. The molecular formula is C29H34N2O2. The summed E-state index contributed by atoms with van der Waals surface area (Å²) in [4.78, 5) is 17.4. The Kier molecular flexibility index (Phi) is 8.29. The highest BCUT2D eigenvalue weighted by atomic mass is 16.5. The summed E-state index contributed by atoms with van der Waals surface area (Å²) in [5.74, 6) is 0.810. The van der Waals surface area contributed by atoms with Crippen LogP contribution >= 0.6 is 0 Å².